The van der Waals surface area contributed by atoms with E-state index < -0.39 is 4.92 Å². The number of oxazole rings is 1. The molecule has 0 saturated heterocycles. The molecule has 5 heteroatoms. The highest BCUT2D eigenvalue weighted by atomic mass is 16.6. The Hall–Kier alpha value is -2.95. The maximum Gasteiger partial charge on any atom is 0.270 e. The first-order chi connectivity index (χ1) is 9.74. The molecule has 98 valence electrons. The van der Waals surface area contributed by atoms with Crippen LogP contribution in [-0.2, 0) is 0 Å². The Kier molecular flexibility index (Phi) is 3.01. The van der Waals surface area contributed by atoms with Crippen LogP contribution >= 0.6 is 0 Å². The molecule has 3 rings (SSSR count). The average Bonchev–Trinajstić information content (AvgIpc) is 2.98. The molecule has 0 saturated carbocycles. The predicted octanol–water partition coefficient (Wildman–Crippen LogP) is 3.92. The fourth-order valence-electron chi connectivity index (χ4n) is 1.90. The van der Waals surface area contributed by atoms with Crippen molar-refractivity contribution in [2.75, 3.05) is 0 Å². The van der Waals surface area contributed by atoms with Crippen LogP contribution in [0.15, 0.2) is 65.2 Å². The van der Waals surface area contributed by atoms with Crippen LogP contribution in [0.4, 0.5) is 5.69 Å². The molecule has 20 heavy (non-hydrogen) atoms. The molecular weight excluding hydrogens is 256 g/mol. The molecule has 0 fully saturated rings. The summed E-state index contributed by atoms with van der Waals surface area (Å²) in [5, 5.41) is 10.8. The lowest BCUT2D eigenvalue weighted by molar-refractivity contribution is -0.384. The normalized spacial score (nSPS) is 10.4. The van der Waals surface area contributed by atoms with Crippen LogP contribution in [0.25, 0.3) is 22.8 Å². The molecule has 5 nitrogen and oxygen atoms in total. The van der Waals surface area contributed by atoms with E-state index in [1.165, 1.54) is 12.1 Å². The fraction of sp³-hybridized carbons (Fsp3) is 0. The quantitative estimate of drug-likeness (QED) is 0.532. The van der Waals surface area contributed by atoms with Gasteiger partial charge in [-0.2, -0.15) is 0 Å². The van der Waals surface area contributed by atoms with Gasteiger partial charge in [-0.05, 0) is 6.07 Å². The van der Waals surface area contributed by atoms with E-state index in [4.69, 9.17) is 4.42 Å². The molecule has 0 bridgehead atoms. The second-order valence-corrected chi connectivity index (χ2v) is 4.20. The van der Waals surface area contributed by atoms with Crippen LogP contribution < -0.4 is 0 Å². The zero-order valence-electron chi connectivity index (χ0n) is 10.4. The van der Waals surface area contributed by atoms with Crippen molar-refractivity contribution in [2.45, 2.75) is 0 Å². The number of aromatic nitrogens is 1. The van der Waals surface area contributed by atoms with Crippen LogP contribution in [0.5, 0.6) is 0 Å². The van der Waals surface area contributed by atoms with Crippen molar-refractivity contribution < 1.29 is 9.34 Å². The van der Waals surface area contributed by atoms with Crippen LogP contribution in [0, 0.1) is 10.1 Å². The van der Waals surface area contributed by atoms with Crippen LogP contribution in [0.2, 0.25) is 0 Å². The largest absolute Gasteiger partial charge is 0.436 e. The molecule has 0 amide bonds. The number of rotatable bonds is 3. The van der Waals surface area contributed by atoms with Crippen molar-refractivity contribution in [1.29, 1.82) is 0 Å². The van der Waals surface area contributed by atoms with Gasteiger partial charge < -0.3 is 4.42 Å². The number of hydrogen-bond donors (Lipinski definition) is 0. The molecule has 0 unspecified atom stereocenters. The SMILES string of the molecule is O=[N+]([O-])c1cccc(-c2ncc(-c3ccccc3)o2)c1. The molecule has 1 heterocycles. The van der Waals surface area contributed by atoms with E-state index >= 15 is 0 Å². The van der Waals surface area contributed by atoms with E-state index in [1.54, 1.807) is 18.3 Å². The Bertz CT molecular complexity index is 751. The fourth-order valence-corrected chi connectivity index (χ4v) is 1.90. The van der Waals surface area contributed by atoms with Gasteiger partial charge in [-0.25, -0.2) is 4.98 Å². The summed E-state index contributed by atoms with van der Waals surface area (Å²) in [6, 6.07) is 15.8. The van der Waals surface area contributed by atoms with E-state index in [0.29, 0.717) is 17.2 Å². The van der Waals surface area contributed by atoms with Gasteiger partial charge in [0.15, 0.2) is 5.76 Å². The summed E-state index contributed by atoms with van der Waals surface area (Å²) in [7, 11) is 0. The van der Waals surface area contributed by atoms with Crippen molar-refractivity contribution in [1.82, 2.24) is 4.98 Å². The molecule has 0 spiro atoms. The summed E-state index contributed by atoms with van der Waals surface area (Å²) >= 11 is 0. The monoisotopic (exact) mass is 266 g/mol. The van der Waals surface area contributed by atoms with Gasteiger partial charge in [0.1, 0.15) is 0 Å². The second-order valence-electron chi connectivity index (χ2n) is 4.20. The molecule has 0 atom stereocenters. The third-order valence-corrected chi connectivity index (χ3v) is 2.87. The number of nitro benzene ring substituents is 1. The van der Waals surface area contributed by atoms with Crippen molar-refractivity contribution in [3.8, 4) is 22.8 Å². The first kappa shape index (κ1) is 12.1. The summed E-state index contributed by atoms with van der Waals surface area (Å²) in [5.41, 5.74) is 1.51. The number of non-ortho nitro benzene ring substituents is 1. The topological polar surface area (TPSA) is 69.2 Å². The van der Waals surface area contributed by atoms with E-state index in [0.717, 1.165) is 5.56 Å². The number of nitrogens with zero attached hydrogens (tertiary/aromatic N) is 2. The second kappa shape index (κ2) is 4.97. The lowest BCUT2D eigenvalue weighted by atomic mass is 10.2. The molecule has 0 aliphatic rings. The highest BCUT2D eigenvalue weighted by Crippen LogP contribution is 2.27. The van der Waals surface area contributed by atoms with Crippen LogP contribution in [0.1, 0.15) is 0 Å². The average molecular weight is 266 g/mol. The van der Waals surface area contributed by atoms with Crippen LogP contribution in [-0.4, -0.2) is 9.91 Å². The van der Waals surface area contributed by atoms with Crippen molar-refractivity contribution in [2.24, 2.45) is 0 Å². The van der Waals surface area contributed by atoms with Crippen molar-refractivity contribution in [3.05, 3.63) is 70.9 Å². The van der Waals surface area contributed by atoms with E-state index in [1.807, 2.05) is 30.3 Å². The number of hydrogen-bond acceptors (Lipinski definition) is 4. The maximum atomic E-state index is 10.8. The van der Waals surface area contributed by atoms with E-state index in [9.17, 15) is 10.1 Å². The van der Waals surface area contributed by atoms with Gasteiger partial charge in [-0.1, -0.05) is 36.4 Å². The molecule has 0 aliphatic heterocycles. The van der Waals surface area contributed by atoms with Crippen LogP contribution in [0.3, 0.4) is 0 Å². The van der Waals surface area contributed by atoms with Gasteiger partial charge in [-0.3, -0.25) is 10.1 Å². The minimum Gasteiger partial charge on any atom is -0.436 e. The molecule has 2 aromatic carbocycles. The Labute approximate surface area is 114 Å². The molecular formula is C15H10N2O3. The molecule has 0 radical (unpaired) electrons. The third kappa shape index (κ3) is 2.29. The molecule has 0 N–H and O–H groups in total. The third-order valence-electron chi connectivity index (χ3n) is 2.87. The van der Waals surface area contributed by atoms with Gasteiger partial charge >= 0.3 is 0 Å². The van der Waals surface area contributed by atoms with Gasteiger partial charge in [0.25, 0.3) is 5.69 Å². The Balaban J connectivity index is 1.98. The van der Waals surface area contributed by atoms with Gasteiger partial charge in [0.2, 0.25) is 5.89 Å². The predicted molar refractivity (Wildman–Crippen MR) is 74.0 cm³/mol. The Morgan fingerprint density at radius 1 is 1.00 bits per heavy atom. The first-order valence-corrected chi connectivity index (χ1v) is 6.00. The standard InChI is InChI=1S/C15H10N2O3/c18-17(19)13-8-4-7-12(9-13)15-16-10-14(20-15)11-5-2-1-3-6-11/h1-10H. The smallest absolute Gasteiger partial charge is 0.270 e. The lowest BCUT2D eigenvalue weighted by Gasteiger charge is -1.97. The van der Waals surface area contributed by atoms with Crippen molar-refractivity contribution in [3.63, 3.8) is 0 Å². The summed E-state index contributed by atoms with van der Waals surface area (Å²) < 4.78 is 5.66. The number of benzene rings is 2. The van der Waals surface area contributed by atoms with Gasteiger partial charge in [-0.15, -0.1) is 0 Å². The summed E-state index contributed by atoms with van der Waals surface area (Å²) in [6.07, 6.45) is 1.61. The van der Waals surface area contributed by atoms with E-state index in [2.05, 4.69) is 4.98 Å². The Morgan fingerprint density at radius 2 is 1.75 bits per heavy atom. The molecule has 1 aromatic heterocycles. The maximum absolute atomic E-state index is 10.8. The lowest BCUT2D eigenvalue weighted by Crippen LogP contribution is -1.87. The summed E-state index contributed by atoms with van der Waals surface area (Å²) in [6.45, 7) is 0. The minimum absolute atomic E-state index is 0.0157. The molecule has 0 aliphatic carbocycles. The highest BCUT2D eigenvalue weighted by Gasteiger charge is 2.12. The zero-order valence-corrected chi connectivity index (χ0v) is 10.4. The summed E-state index contributed by atoms with van der Waals surface area (Å²) in [4.78, 5) is 14.5. The summed E-state index contributed by atoms with van der Waals surface area (Å²) in [5.74, 6) is 1.000. The van der Waals surface area contributed by atoms with Gasteiger partial charge in [0, 0.05) is 23.3 Å². The Morgan fingerprint density at radius 3 is 2.50 bits per heavy atom. The minimum atomic E-state index is -0.440. The van der Waals surface area contributed by atoms with Gasteiger partial charge in [0.05, 0.1) is 11.1 Å². The zero-order chi connectivity index (χ0) is 13.9. The van der Waals surface area contributed by atoms with Crippen molar-refractivity contribution >= 4 is 5.69 Å². The van der Waals surface area contributed by atoms with E-state index in [-0.39, 0.29) is 5.69 Å². The first-order valence-electron chi connectivity index (χ1n) is 6.00. The highest BCUT2D eigenvalue weighted by molar-refractivity contribution is 5.62. The molecule has 3 aromatic rings. The number of nitro groups is 1.